The highest BCUT2D eigenvalue weighted by atomic mass is 32.1. The first-order valence-electron chi connectivity index (χ1n) is 6.12. The number of ketones is 1. The van der Waals surface area contributed by atoms with E-state index in [0.29, 0.717) is 16.6 Å². The highest BCUT2D eigenvalue weighted by Gasteiger charge is 2.13. The van der Waals surface area contributed by atoms with Gasteiger partial charge in [0.1, 0.15) is 0 Å². The molecule has 1 aromatic heterocycles. The summed E-state index contributed by atoms with van der Waals surface area (Å²) in [6, 6.07) is 11.5. The number of thiophene rings is 1. The fourth-order valence-corrected chi connectivity index (χ4v) is 2.38. The molecule has 0 unspecified atom stereocenters. The molecule has 3 N–H and O–H groups in total. The second-order valence-corrected chi connectivity index (χ2v) is 5.27. The summed E-state index contributed by atoms with van der Waals surface area (Å²) in [4.78, 5) is 34.3. The molecule has 2 aromatic rings. The lowest BCUT2D eigenvalue weighted by Gasteiger charge is -2.01. The van der Waals surface area contributed by atoms with Crippen molar-refractivity contribution in [3.05, 3.63) is 64.7 Å². The van der Waals surface area contributed by atoms with Crippen LogP contribution < -0.4 is 5.32 Å². The Morgan fingerprint density at radius 3 is 2.32 bits per heavy atom. The lowest BCUT2D eigenvalue weighted by Crippen LogP contribution is -2.10. The minimum atomic E-state index is -1.58. The van der Waals surface area contributed by atoms with Crippen LogP contribution in [0.4, 0.5) is 5.00 Å². The molecule has 7 heteroatoms. The third-order valence-electron chi connectivity index (χ3n) is 2.61. The molecule has 0 radical (unpaired) electrons. The predicted octanol–water partition coefficient (Wildman–Crippen LogP) is 2.71. The van der Waals surface area contributed by atoms with Gasteiger partial charge in [0.25, 0.3) is 5.91 Å². The van der Waals surface area contributed by atoms with Crippen LogP contribution in [0.2, 0.25) is 0 Å². The van der Waals surface area contributed by atoms with Crippen molar-refractivity contribution in [3.8, 4) is 0 Å². The molecule has 22 heavy (non-hydrogen) atoms. The Morgan fingerprint density at radius 2 is 1.68 bits per heavy atom. The van der Waals surface area contributed by atoms with Gasteiger partial charge in [0.05, 0.1) is 9.88 Å². The number of carboxylic acids is 1. The summed E-state index contributed by atoms with van der Waals surface area (Å²) in [7, 11) is 0. The Labute approximate surface area is 129 Å². The molecule has 2 rings (SSSR count). The van der Waals surface area contributed by atoms with Crippen molar-refractivity contribution in [2.24, 2.45) is 0 Å². The van der Waals surface area contributed by atoms with Crippen molar-refractivity contribution in [3.63, 3.8) is 0 Å². The number of aliphatic hydroxyl groups excluding tert-OH is 1. The van der Waals surface area contributed by atoms with E-state index < -0.39 is 17.5 Å². The van der Waals surface area contributed by atoms with Crippen LogP contribution >= 0.6 is 11.3 Å². The first-order valence-corrected chi connectivity index (χ1v) is 6.93. The normalized spacial score (nSPS) is 11.0. The van der Waals surface area contributed by atoms with Crippen LogP contribution in [0.15, 0.2) is 54.3 Å². The van der Waals surface area contributed by atoms with Crippen LogP contribution in [-0.4, -0.2) is 27.9 Å². The molecular formula is C15H11NO5S. The Balaban J connectivity index is 2.09. The SMILES string of the molecule is O=C(O)C(O)=CC(=O)c1ccc(NC(=O)c2ccccc2)s1. The number of aliphatic carboxylic acids is 1. The average molecular weight is 317 g/mol. The van der Waals surface area contributed by atoms with Crippen LogP contribution in [0.3, 0.4) is 0 Å². The van der Waals surface area contributed by atoms with Crippen molar-refractivity contribution in [1.29, 1.82) is 0 Å². The number of allylic oxidation sites excluding steroid dienone is 1. The molecule has 1 aromatic carbocycles. The van der Waals surface area contributed by atoms with Crippen molar-refractivity contribution in [2.75, 3.05) is 5.32 Å². The molecule has 0 saturated heterocycles. The van der Waals surface area contributed by atoms with Gasteiger partial charge in [0, 0.05) is 11.6 Å². The van der Waals surface area contributed by atoms with Gasteiger partial charge in [-0.2, -0.15) is 0 Å². The molecule has 0 atom stereocenters. The Bertz CT molecular complexity index is 748. The Morgan fingerprint density at radius 1 is 1.00 bits per heavy atom. The standard InChI is InChI=1S/C15H11NO5S/c17-10(8-11(18)15(20)21)12-6-7-13(22-12)16-14(19)9-4-2-1-3-5-9/h1-8,18H,(H,16,19)(H,20,21). The predicted molar refractivity (Wildman–Crippen MR) is 81.4 cm³/mol. The van der Waals surface area contributed by atoms with E-state index in [1.807, 2.05) is 0 Å². The summed E-state index contributed by atoms with van der Waals surface area (Å²) in [5, 5.41) is 20.6. The summed E-state index contributed by atoms with van der Waals surface area (Å²) >= 11 is 0.988. The maximum Gasteiger partial charge on any atom is 0.371 e. The maximum absolute atomic E-state index is 11.9. The molecule has 0 fully saturated rings. The number of carboxylic acid groups (broad SMARTS) is 1. The van der Waals surface area contributed by atoms with Crippen LogP contribution in [0.5, 0.6) is 0 Å². The molecule has 6 nitrogen and oxygen atoms in total. The molecule has 1 heterocycles. The topological polar surface area (TPSA) is 104 Å². The van der Waals surface area contributed by atoms with Gasteiger partial charge in [-0.3, -0.25) is 9.59 Å². The van der Waals surface area contributed by atoms with Crippen molar-refractivity contribution in [2.45, 2.75) is 0 Å². The van der Waals surface area contributed by atoms with E-state index >= 15 is 0 Å². The van der Waals surface area contributed by atoms with Gasteiger partial charge >= 0.3 is 5.97 Å². The molecule has 0 aliphatic rings. The van der Waals surface area contributed by atoms with Gasteiger partial charge < -0.3 is 15.5 Å². The van der Waals surface area contributed by atoms with Gasteiger partial charge in [-0.25, -0.2) is 4.79 Å². The number of rotatable bonds is 5. The summed E-state index contributed by atoms with van der Waals surface area (Å²) in [5.74, 6) is -3.58. The molecule has 0 aliphatic heterocycles. The first kappa shape index (κ1) is 15.5. The number of aliphatic hydroxyl groups is 1. The third-order valence-corrected chi connectivity index (χ3v) is 3.62. The minimum absolute atomic E-state index is 0.205. The minimum Gasteiger partial charge on any atom is -0.502 e. The number of nitrogens with one attached hydrogen (secondary N) is 1. The fraction of sp³-hybridized carbons (Fsp3) is 0. The summed E-state index contributed by atoms with van der Waals surface area (Å²) in [5.41, 5.74) is 0.479. The van der Waals surface area contributed by atoms with E-state index in [2.05, 4.69) is 5.32 Å². The van der Waals surface area contributed by atoms with E-state index in [-0.39, 0.29) is 10.8 Å². The van der Waals surface area contributed by atoms with Crippen LogP contribution in [0.1, 0.15) is 20.0 Å². The Hall–Kier alpha value is -2.93. The molecule has 112 valence electrons. The quantitative estimate of drug-likeness (QED) is 0.447. The summed E-state index contributed by atoms with van der Waals surface area (Å²) in [6.07, 6.45) is 0.622. The average Bonchev–Trinajstić information content (AvgIpc) is 2.96. The lowest BCUT2D eigenvalue weighted by atomic mass is 10.2. The van der Waals surface area contributed by atoms with Gasteiger partial charge in [-0.1, -0.05) is 18.2 Å². The Kier molecular flexibility index (Phi) is 4.70. The molecule has 0 bridgehead atoms. The zero-order valence-corrected chi connectivity index (χ0v) is 12.0. The molecule has 0 aliphatic carbocycles. The van der Waals surface area contributed by atoms with Crippen LogP contribution in [0, 0.1) is 0 Å². The second kappa shape index (κ2) is 6.68. The largest absolute Gasteiger partial charge is 0.502 e. The molecule has 0 saturated carbocycles. The molecular weight excluding hydrogens is 306 g/mol. The highest BCUT2D eigenvalue weighted by Crippen LogP contribution is 2.23. The number of benzene rings is 1. The van der Waals surface area contributed by atoms with Crippen LogP contribution in [0.25, 0.3) is 0 Å². The number of hydrogen-bond donors (Lipinski definition) is 3. The molecule has 1 amide bonds. The van der Waals surface area contributed by atoms with Gasteiger partial charge in [-0.05, 0) is 24.3 Å². The number of amides is 1. The highest BCUT2D eigenvalue weighted by molar-refractivity contribution is 7.18. The van der Waals surface area contributed by atoms with E-state index in [9.17, 15) is 14.4 Å². The van der Waals surface area contributed by atoms with E-state index in [1.54, 1.807) is 30.3 Å². The smallest absolute Gasteiger partial charge is 0.371 e. The van der Waals surface area contributed by atoms with E-state index in [0.717, 1.165) is 11.3 Å². The monoisotopic (exact) mass is 317 g/mol. The van der Waals surface area contributed by atoms with Gasteiger partial charge in [-0.15, -0.1) is 11.3 Å². The van der Waals surface area contributed by atoms with Gasteiger partial charge in [0.2, 0.25) is 5.76 Å². The van der Waals surface area contributed by atoms with E-state index in [1.165, 1.54) is 12.1 Å². The van der Waals surface area contributed by atoms with Crippen molar-refractivity contribution in [1.82, 2.24) is 0 Å². The van der Waals surface area contributed by atoms with Crippen molar-refractivity contribution >= 4 is 34.0 Å². The summed E-state index contributed by atoms with van der Waals surface area (Å²) < 4.78 is 0. The number of anilines is 1. The number of carbonyl (C=O) groups is 3. The summed E-state index contributed by atoms with van der Waals surface area (Å²) in [6.45, 7) is 0. The van der Waals surface area contributed by atoms with Crippen molar-refractivity contribution < 1.29 is 24.6 Å². The lowest BCUT2D eigenvalue weighted by molar-refractivity contribution is -0.135. The third kappa shape index (κ3) is 3.80. The maximum atomic E-state index is 11.9. The van der Waals surface area contributed by atoms with Crippen LogP contribution in [-0.2, 0) is 4.79 Å². The second-order valence-electron chi connectivity index (χ2n) is 4.18. The fourth-order valence-electron chi connectivity index (χ4n) is 1.57. The molecule has 0 spiro atoms. The zero-order valence-electron chi connectivity index (χ0n) is 11.1. The first-order chi connectivity index (χ1) is 10.5. The number of carbonyl (C=O) groups excluding carboxylic acids is 2. The number of hydrogen-bond acceptors (Lipinski definition) is 5. The van der Waals surface area contributed by atoms with Gasteiger partial charge in [0.15, 0.2) is 5.78 Å². The zero-order chi connectivity index (χ0) is 16.1. The van der Waals surface area contributed by atoms with E-state index in [4.69, 9.17) is 10.2 Å².